The highest BCUT2D eigenvalue weighted by Crippen LogP contribution is 2.22. The van der Waals surface area contributed by atoms with Crippen LogP contribution in [0, 0.1) is 0 Å². The molecule has 4 nitrogen and oxygen atoms in total. The first kappa shape index (κ1) is 13.1. The van der Waals surface area contributed by atoms with E-state index in [2.05, 4.69) is 5.32 Å². The van der Waals surface area contributed by atoms with Gasteiger partial charge in [-0.2, -0.15) is 0 Å². The van der Waals surface area contributed by atoms with E-state index in [1.54, 1.807) is 6.07 Å². The number of halogens is 1. The lowest BCUT2D eigenvalue weighted by atomic mass is 10.2. The van der Waals surface area contributed by atoms with Crippen molar-refractivity contribution in [2.45, 2.75) is 19.5 Å². The van der Waals surface area contributed by atoms with E-state index < -0.39 is 5.97 Å². The third kappa shape index (κ3) is 3.13. The van der Waals surface area contributed by atoms with Crippen LogP contribution in [0.3, 0.4) is 0 Å². The van der Waals surface area contributed by atoms with Crippen molar-refractivity contribution in [1.82, 2.24) is 5.32 Å². The summed E-state index contributed by atoms with van der Waals surface area (Å²) in [5.41, 5.74) is 0. The van der Waals surface area contributed by atoms with E-state index in [0.717, 1.165) is 9.21 Å². The average Bonchev–Trinajstić information content (AvgIpc) is 2.94. The molecule has 0 saturated carbocycles. The molecule has 1 atom stereocenters. The largest absolute Gasteiger partial charge is 0.475 e. The maximum Gasteiger partial charge on any atom is 0.371 e. The molecule has 6 heteroatoms. The van der Waals surface area contributed by atoms with Crippen molar-refractivity contribution in [2.24, 2.45) is 0 Å². The Kier molecular flexibility index (Phi) is 4.06. The minimum absolute atomic E-state index is 0.0437. The van der Waals surface area contributed by atoms with E-state index in [9.17, 15) is 4.79 Å². The van der Waals surface area contributed by atoms with Gasteiger partial charge in [-0.1, -0.05) is 11.6 Å². The quantitative estimate of drug-likeness (QED) is 0.882. The molecule has 96 valence electrons. The molecule has 0 amide bonds. The van der Waals surface area contributed by atoms with Crippen LogP contribution in [0.4, 0.5) is 0 Å². The molecule has 0 radical (unpaired) electrons. The standard InChI is InChI=1S/C12H12ClNO3S/c1-7(9-3-4-10(17-9)12(15)16)14-6-8-2-5-11(13)18-8/h2-5,7,14H,6H2,1H3,(H,15,16). The number of nitrogens with one attached hydrogen (secondary N) is 1. The highest BCUT2D eigenvalue weighted by atomic mass is 35.5. The van der Waals surface area contributed by atoms with E-state index in [4.69, 9.17) is 21.1 Å². The van der Waals surface area contributed by atoms with Gasteiger partial charge in [0, 0.05) is 11.4 Å². The number of furan rings is 1. The van der Waals surface area contributed by atoms with Gasteiger partial charge in [0.15, 0.2) is 0 Å². The molecule has 2 aromatic heterocycles. The first-order valence-corrected chi connectivity index (χ1v) is 6.56. The fraction of sp³-hybridized carbons (Fsp3) is 0.250. The maximum absolute atomic E-state index is 10.7. The fourth-order valence-electron chi connectivity index (χ4n) is 1.50. The molecule has 2 heterocycles. The van der Waals surface area contributed by atoms with Crippen LogP contribution in [0.1, 0.15) is 34.2 Å². The molecule has 2 aromatic rings. The first-order chi connectivity index (χ1) is 8.56. The summed E-state index contributed by atoms with van der Waals surface area (Å²) in [5, 5.41) is 12.0. The smallest absolute Gasteiger partial charge is 0.371 e. The lowest BCUT2D eigenvalue weighted by Crippen LogP contribution is -2.16. The lowest BCUT2D eigenvalue weighted by Gasteiger charge is -2.09. The van der Waals surface area contributed by atoms with Crippen LogP contribution in [0.2, 0.25) is 4.34 Å². The number of hydrogen-bond donors (Lipinski definition) is 2. The van der Waals surface area contributed by atoms with Crippen LogP contribution < -0.4 is 5.32 Å². The van der Waals surface area contributed by atoms with Gasteiger partial charge >= 0.3 is 5.97 Å². The minimum Gasteiger partial charge on any atom is -0.475 e. The molecule has 0 bridgehead atoms. The second-order valence-electron chi connectivity index (χ2n) is 3.82. The van der Waals surface area contributed by atoms with Gasteiger partial charge in [0.05, 0.1) is 10.4 Å². The van der Waals surface area contributed by atoms with Crippen molar-refractivity contribution in [3.8, 4) is 0 Å². The molecule has 0 saturated heterocycles. The van der Waals surface area contributed by atoms with Crippen LogP contribution in [-0.2, 0) is 6.54 Å². The minimum atomic E-state index is -1.06. The topological polar surface area (TPSA) is 62.5 Å². The molecule has 2 rings (SSSR count). The molecule has 0 aliphatic carbocycles. The zero-order valence-electron chi connectivity index (χ0n) is 9.64. The summed E-state index contributed by atoms with van der Waals surface area (Å²) < 4.78 is 5.97. The van der Waals surface area contributed by atoms with Crippen LogP contribution in [-0.4, -0.2) is 11.1 Å². The maximum atomic E-state index is 10.7. The van der Waals surface area contributed by atoms with E-state index in [1.807, 2.05) is 19.1 Å². The molecular weight excluding hydrogens is 274 g/mol. The van der Waals surface area contributed by atoms with E-state index in [0.29, 0.717) is 12.3 Å². The summed E-state index contributed by atoms with van der Waals surface area (Å²) in [4.78, 5) is 11.8. The molecule has 1 unspecified atom stereocenters. The second kappa shape index (κ2) is 5.56. The molecule has 0 spiro atoms. The second-order valence-corrected chi connectivity index (χ2v) is 5.62. The van der Waals surface area contributed by atoms with Crippen molar-refractivity contribution in [3.63, 3.8) is 0 Å². The Morgan fingerprint density at radius 1 is 1.50 bits per heavy atom. The van der Waals surface area contributed by atoms with Gasteiger partial charge in [-0.25, -0.2) is 4.79 Å². The van der Waals surface area contributed by atoms with E-state index in [-0.39, 0.29) is 11.8 Å². The molecule has 0 aliphatic rings. The van der Waals surface area contributed by atoms with Crippen molar-refractivity contribution in [2.75, 3.05) is 0 Å². The van der Waals surface area contributed by atoms with E-state index in [1.165, 1.54) is 17.4 Å². The normalized spacial score (nSPS) is 12.6. The predicted molar refractivity (Wildman–Crippen MR) is 70.3 cm³/mol. The van der Waals surface area contributed by atoms with Crippen LogP contribution >= 0.6 is 22.9 Å². The Bertz CT molecular complexity index is 549. The number of aromatic carboxylic acids is 1. The van der Waals surface area contributed by atoms with Gasteiger partial charge < -0.3 is 14.8 Å². The van der Waals surface area contributed by atoms with Gasteiger partial charge in [-0.05, 0) is 31.2 Å². The van der Waals surface area contributed by atoms with Crippen LogP contribution in [0.5, 0.6) is 0 Å². The van der Waals surface area contributed by atoms with Gasteiger partial charge in [0.25, 0.3) is 0 Å². The number of thiophene rings is 1. The summed E-state index contributed by atoms with van der Waals surface area (Å²) in [7, 11) is 0. The SMILES string of the molecule is CC(NCc1ccc(Cl)s1)c1ccc(C(=O)O)o1. The first-order valence-electron chi connectivity index (χ1n) is 5.37. The number of hydrogen-bond acceptors (Lipinski definition) is 4. The summed E-state index contributed by atoms with van der Waals surface area (Å²) in [5.74, 6) is -0.494. The fourth-order valence-corrected chi connectivity index (χ4v) is 2.54. The molecule has 2 N–H and O–H groups in total. The number of carboxylic acids is 1. The Morgan fingerprint density at radius 3 is 2.83 bits per heavy atom. The zero-order chi connectivity index (χ0) is 13.1. The predicted octanol–water partition coefficient (Wildman–Crippen LogP) is 3.54. The highest BCUT2D eigenvalue weighted by Gasteiger charge is 2.13. The number of carbonyl (C=O) groups is 1. The van der Waals surface area contributed by atoms with Crippen molar-refractivity contribution < 1.29 is 14.3 Å². The Labute approximate surface area is 113 Å². The summed E-state index contributed by atoms with van der Waals surface area (Å²) in [6, 6.07) is 6.88. The summed E-state index contributed by atoms with van der Waals surface area (Å²) >= 11 is 7.35. The van der Waals surface area contributed by atoms with Crippen molar-refractivity contribution in [1.29, 1.82) is 0 Å². The van der Waals surface area contributed by atoms with Gasteiger partial charge in [0.1, 0.15) is 5.76 Å². The number of rotatable bonds is 5. The molecule has 0 aromatic carbocycles. The third-order valence-corrected chi connectivity index (χ3v) is 3.71. The summed E-state index contributed by atoms with van der Waals surface area (Å²) in [6.07, 6.45) is 0. The van der Waals surface area contributed by atoms with Crippen molar-refractivity contribution >= 4 is 28.9 Å². The molecule has 0 fully saturated rings. The highest BCUT2D eigenvalue weighted by molar-refractivity contribution is 7.16. The molecular formula is C12H12ClNO3S. The monoisotopic (exact) mass is 285 g/mol. The van der Waals surface area contributed by atoms with Crippen LogP contribution in [0.25, 0.3) is 0 Å². The van der Waals surface area contributed by atoms with E-state index >= 15 is 0 Å². The average molecular weight is 286 g/mol. The van der Waals surface area contributed by atoms with Gasteiger partial charge in [-0.15, -0.1) is 11.3 Å². The van der Waals surface area contributed by atoms with Gasteiger partial charge in [-0.3, -0.25) is 0 Å². The Morgan fingerprint density at radius 2 is 2.28 bits per heavy atom. The van der Waals surface area contributed by atoms with Gasteiger partial charge in [0.2, 0.25) is 5.76 Å². The molecule has 0 aliphatic heterocycles. The number of carboxylic acid groups (broad SMARTS) is 1. The van der Waals surface area contributed by atoms with Crippen molar-refractivity contribution in [3.05, 3.63) is 45.0 Å². The lowest BCUT2D eigenvalue weighted by molar-refractivity contribution is 0.0659. The third-order valence-electron chi connectivity index (χ3n) is 2.48. The zero-order valence-corrected chi connectivity index (χ0v) is 11.2. The Hall–Kier alpha value is -1.30. The molecule has 18 heavy (non-hydrogen) atoms. The Balaban J connectivity index is 1.94. The summed E-state index contributed by atoms with van der Waals surface area (Å²) in [6.45, 7) is 2.58. The van der Waals surface area contributed by atoms with Crippen LogP contribution in [0.15, 0.2) is 28.7 Å².